The standard InChI is InChI=1S/C17H16N2O3S/c1-11-3-8-14-15(9-11)23-17(18-14)19-16(20)10-22-13-6-4-12(21-2)5-7-13/h3-9H,10H2,1-2H3,(H,18,19,20). The van der Waals surface area contributed by atoms with E-state index in [1.54, 1.807) is 31.4 Å². The third-order valence-electron chi connectivity index (χ3n) is 3.22. The lowest BCUT2D eigenvalue weighted by molar-refractivity contribution is -0.118. The highest BCUT2D eigenvalue weighted by Gasteiger charge is 2.08. The van der Waals surface area contributed by atoms with E-state index in [1.807, 2.05) is 19.1 Å². The van der Waals surface area contributed by atoms with Crippen molar-refractivity contribution in [2.75, 3.05) is 19.0 Å². The van der Waals surface area contributed by atoms with Crippen molar-refractivity contribution < 1.29 is 14.3 Å². The van der Waals surface area contributed by atoms with Crippen molar-refractivity contribution in [1.29, 1.82) is 0 Å². The molecule has 23 heavy (non-hydrogen) atoms. The van der Waals surface area contributed by atoms with Crippen LogP contribution in [0.3, 0.4) is 0 Å². The van der Waals surface area contributed by atoms with Crippen LogP contribution < -0.4 is 14.8 Å². The Morgan fingerprint density at radius 1 is 1.17 bits per heavy atom. The molecule has 3 rings (SSSR count). The Kier molecular flexibility index (Phi) is 4.43. The number of methoxy groups -OCH3 is 1. The zero-order chi connectivity index (χ0) is 16.2. The maximum absolute atomic E-state index is 12.0. The Balaban J connectivity index is 1.59. The van der Waals surface area contributed by atoms with Gasteiger partial charge < -0.3 is 9.47 Å². The Labute approximate surface area is 137 Å². The first-order valence-electron chi connectivity index (χ1n) is 7.08. The molecule has 0 aliphatic rings. The van der Waals surface area contributed by atoms with Gasteiger partial charge in [0.25, 0.3) is 5.91 Å². The number of hydrogen-bond donors (Lipinski definition) is 1. The number of aromatic nitrogens is 1. The monoisotopic (exact) mass is 328 g/mol. The van der Waals surface area contributed by atoms with Crippen LogP contribution in [-0.2, 0) is 4.79 Å². The second-order valence-electron chi connectivity index (χ2n) is 5.00. The zero-order valence-electron chi connectivity index (χ0n) is 12.8. The number of carbonyl (C=O) groups is 1. The number of anilines is 1. The van der Waals surface area contributed by atoms with Crippen LogP contribution in [0.15, 0.2) is 42.5 Å². The van der Waals surface area contributed by atoms with Gasteiger partial charge in [-0.15, -0.1) is 0 Å². The first kappa shape index (κ1) is 15.3. The Morgan fingerprint density at radius 3 is 2.65 bits per heavy atom. The second-order valence-corrected chi connectivity index (χ2v) is 6.03. The van der Waals surface area contributed by atoms with Gasteiger partial charge >= 0.3 is 0 Å². The summed E-state index contributed by atoms with van der Waals surface area (Å²) in [5.74, 6) is 1.11. The maximum Gasteiger partial charge on any atom is 0.264 e. The number of hydrogen-bond acceptors (Lipinski definition) is 5. The minimum atomic E-state index is -0.239. The lowest BCUT2D eigenvalue weighted by Gasteiger charge is -2.06. The molecule has 1 amide bonds. The molecule has 0 radical (unpaired) electrons. The number of carbonyl (C=O) groups excluding carboxylic acids is 1. The van der Waals surface area contributed by atoms with E-state index in [-0.39, 0.29) is 12.5 Å². The normalized spacial score (nSPS) is 10.5. The Hall–Kier alpha value is -2.60. The summed E-state index contributed by atoms with van der Waals surface area (Å²) in [5, 5.41) is 3.34. The second kappa shape index (κ2) is 6.66. The molecule has 0 aliphatic carbocycles. The minimum Gasteiger partial charge on any atom is -0.497 e. The predicted molar refractivity (Wildman–Crippen MR) is 91.5 cm³/mol. The number of aryl methyl sites for hydroxylation is 1. The van der Waals surface area contributed by atoms with Crippen LogP contribution >= 0.6 is 11.3 Å². The third-order valence-corrected chi connectivity index (χ3v) is 4.15. The van der Waals surface area contributed by atoms with Gasteiger partial charge in [-0.25, -0.2) is 4.98 Å². The van der Waals surface area contributed by atoms with Gasteiger partial charge in [-0.2, -0.15) is 0 Å². The smallest absolute Gasteiger partial charge is 0.264 e. The van der Waals surface area contributed by atoms with E-state index in [9.17, 15) is 4.79 Å². The molecule has 6 heteroatoms. The van der Waals surface area contributed by atoms with Crippen LogP contribution in [0.4, 0.5) is 5.13 Å². The average molecular weight is 328 g/mol. The van der Waals surface area contributed by atoms with Crippen LogP contribution in [0.1, 0.15) is 5.56 Å². The number of amides is 1. The van der Waals surface area contributed by atoms with Gasteiger partial charge in [-0.1, -0.05) is 17.4 Å². The topological polar surface area (TPSA) is 60.5 Å². The molecule has 0 spiro atoms. The van der Waals surface area contributed by atoms with Crippen molar-refractivity contribution in [3.63, 3.8) is 0 Å². The first-order chi connectivity index (χ1) is 11.1. The average Bonchev–Trinajstić information content (AvgIpc) is 2.94. The summed E-state index contributed by atoms with van der Waals surface area (Å²) in [4.78, 5) is 16.3. The molecule has 0 atom stereocenters. The summed E-state index contributed by atoms with van der Waals surface area (Å²) in [6, 6.07) is 13.1. The summed E-state index contributed by atoms with van der Waals surface area (Å²) in [6.07, 6.45) is 0. The molecule has 2 aromatic carbocycles. The van der Waals surface area contributed by atoms with Crippen LogP contribution in [0, 0.1) is 6.92 Å². The Morgan fingerprint density at radius 2 is 1.91 bits per heavy atom. The van der Waals surface area contributed by atoms with Gasteiger partial charge in [-0.3, -0.25) is 10.1 Å². The van der Waals surface area contributed by atoms with Crippen LogP contribution in [0.5, 0.6) is 11.5 Å². The largest absolute Gasteiger partial charge is 0.497 e. The van der Waals surface area contributed by atoms with Crippen LogP contribution in [0.25, 0.3) is 10.2 Å². The lowest BCUT2D eigenvalue weighted by Crippen LogP contribution is -2.19. The highest BCUT2D eigenvalue weighted by Crippen LogP contribution is 2.26. The zero-order valence-corrected chi connectivity index (χ0v) is 13.6. The lowest BCUT2D eigenvalue weighted by atomic mass is 10.2. The number of nitrogens with one attached hydrogen (secondary N) is 1. The molecule has 0 aliphatic heterocycles. The fraction of sp³-hybridized carbons (Fsp3) is 0.176. The highest BCUT2D eigenvalue weighted by atomic mass is 32.1. The molecule has 118 valence electrons. The van der Waals surface area contributed by atoms with E-state index in [1.165, 1.54) is 16.9 Å². The van der Waals surface area contributed by atoms with E-state index in [4.69, 9.17) is 9.47 Å². The number of benzene rings is 2. The van der Waals surface area contributed by atoms with Crippen molar-refractivity contribution in [3.8, 4) is 11.5 Å². The first-order valence-corrected chi connectivity index (χ1v) is 7.89. The van der Waals surface area contributed by atoms with E-state index >= 15 is 0 Å². The Bertz CT molecular complexity index is 827. The number of ether oxygens (including phenoxy) is 2. The number of nitrogens with zero attached hydrogens (tertiary/aromatic N) is 1. The summed E-state index contributed by atoms with van der Waals surface area (Å²) < 4.78 is 11.6. The summed E-state index contributed by atoms with van der Waals surface area (Å²) in [6.45, 7) is 1.96. The highest BCUT2D eigenvalue weighted by molar-refractivity contribution is 7.22. The molecular formula is C17H16N2O3S. The molecule has 1 aromatic heterocycles. The predicted octanol–water partition coefficient (Wildman–Crippen LogP) is 3.63. The summed E-state index contributed by atoms with van der Waals surface area (Å²) >= 11 is 1.45. The number of thiazole rings is 1. The fourth-order valence-corrected chi connectivity index (χ4v) is 3.04. The SMILES string of the molecule is COc1ccc(OCC(=O)Nc2nc3ccc(C)cc3s2)cc1. The van der Waals surface area contributed by atoms with Gasteiger partial charge in [0.1, 0.15) is 11.5 Å². The van der Waals surface area contributed by atoms with Gasteiger partial charge in [0.15, 0.2) is 11.7 Å². The quantitative estimate of drug-likeness (QED) is 0.777. The fourth-order valence-electron chi connectivity index (χ4n) is 2.06. The van der Waals surface area contributed by atoms with Crippen LogP contribution in [0.2, 0.25) is 0 Å². The van der Waals surface area contributed by atoms with E-state index in [2.05, 4.69) is 16.4 Å². The van der Waals surface area contributed by atoms with E-state index < -0.39 is 0 Å². The molecule has 0 saturated carbocycles. The molecule has 1 heterocycles. The molecule has 1 N–H and O–H groups in total. The maximum atomic E-state index is 12.0. The molecule has 0 fully saturated rings. The number of rotatable bonds is 5. The molecule has 3 aromatic rings. The van der Waals surface area contributed by atoms with Crippen molar-refractivity contribution in [1.82, 2.24) is 4.98 Å². The van der Waals surface area contributed by atoms with E-state index in [0.717, 1.165) is 16.0 Å². The molecule has 5 nitrogen and oxygen atoms in total. The minimum absolute atomic E-state index is 0.0682. The van der Waals surface area contributed by atoms with Crippen molar-refractivity contribution in [3.05, 3.63) is 48.0 Å². The molecular weight excluding hydrogens is 312 g/mol. The van der Waals surface area contributed by atoms with E-state index in [0.29, 0.717) is 10.9 Å². The van der Waals surface area contributed by atoms with Gasteiger partial charge in [0, 0.05) is 0 Å². The molecule has 0 unspecified atom stereocenters. The third kappa shape index (κ3) is 3.78. The van der Waals surface area contributed by atoms with Crippen molar-refractivity contribution in [2.45, 2.75) is 6.92 Å². The van der Waals surface area contributed by atoms with Crippen molar-refractivity contribution >= 4 is 32.6 Å². The van der Waals surface area contributed by atoms with Gasteiger partial charge in [0.05, 0.1) is 17.3 Å². The van der Waals surface area contributed by atoms with Gasteiger partial charge in [-0.05, 0) is 48.9 Å². The van der Waals surface area contributed by atoms with Crippen LogP contribution in [-0.4, -0.2) is 24.6 Å². The summed E-state index contributed by atoms with van der Waals surface area (Å²) in [5.41, 5.74) is 2.05. The van der Waals surface area contributed by atoms with Gasteiger partial charge in [0.2, 0.25) is 0 Å². The van der Waals surface area contributed by atoms with Crippen molar-refractivity contribution in [2.24, 2.45) is 0 Å². The molecule has 0 saturated heterocycles. The number of fused-ring (bicyclic) bond motifs is 1. The summed E-state index contributed by atoms with van der Waals surface area (Å²) in [7, 11) is 1.60. The molecule has 0 bridgehead atoms.